The van der Waals surface area contributed by atoms with Crippen LogP contribution < -0.4 is 0 Å². The van der Waals surface area contributed by atoms with E-state index in [0.717, 1.165) is 48.7 Å². The Balaban J connectivity index is 1.43. The second-order valence-corrected chi connectivity index (χ2v) is 7.99. The Morgan fingerprint density at radius 3 is 2.85 bits per heavy atom. The predicted octanol–water partition coefficient (Wildman–Crippen LogP) is 2.27. The monoisotopic (exact) mass is 372 g/mol. The van der Waals surface area contributed by atoms with Crippen molar-refractivity contribution in [3.63, 3.8) is 0 Å². The van der Waals surface area contributed by atoms with E-state index in [1.165, 1.54) is 0 Å². The molecule has 0 saturated carbocycles. The number of ether oxygens (including phenoxy) is 1. The highest BCUT2D eigenvalue weighted by Crippen LogP contribution is 2.29. The Morgan fingerprint density at radius 1 is 1.27 bits per heavy atom. The number of hydrogen-bond donors (Lipinski definition) is 0. The van der Waals surface area contributed by atoms with Crippen LogP contribution in [0.25, 0.3) is 10.7 Å². The molecule has 3 aliphatic rings. The Bertz CT molecular complexity index is 735. The van der Waals surface area contributed by atoms with Crippen molar-refractivity contribution in [1.29, 1.82) is 0 Å². The van der Waals surface area contributed by atoms with E-state index < -0.39 is 0 Å². The van der Waals surface area contributed by atoms with E-state index in [9.17, 15) is 4.79 Å². The number of carbonyl (C=O) groups is 1. The van der Waals surface area contributed by atoms with Crippen LogP contribution in [0.15, 0.2) is 29.9 Å². The van der Waals surface area contributed by atoms with Gasteiger partial charge in [-0.25, -0.2) is 9.97 Å². The fraction of sp³-hybridized carbons (Fsp3) is 0.526. The molecule has 6 nitrogen and oxygen atoms in total. The van der Waals surface area contributed by atoms with Crippen LogP contribution in [0.1, 0.15) is 18.4 Å². The van der Waals surface area contributed by atoms with E-state index in [0.29, 0.717) is 25.1 Å². The fourth-order valence-electron chi connectivity index (χ4n) is 3.97. The molecule has 0 aromatic carbocycles. The standard InChI is InChI=1S/C19H24N4O2S/c1-25-7-6-23-16-5-4-15(19(23)24)12-22(13-16)11-14-9-20-18(21-10-14)17-3-2-8-26-17/h2-3,8-10,15-16H,4-7,11-13H2,1H3/t15-,16+/m1/s1. The Kier molecular flexibility index (Phi) is 5.28. The molecule has 1 amide bonds. The third kappa shape index (κ3) is 3.65. The molecule has 0 aliphatic carbocycles. The smallest absolute Gasteiger partial charge is 0.227 e. The minimum Gasteiger partial charge on any atom is -0.383 e. The maximum atomic E-state index is 12.7. The van der Waals surface area contributed by atoms with Crippen molar-refractivity contribution in [3.8, 4) is 10.7 Å². The number of rotatable bonds is 6. The average Bonchev–Trinajstić information content (AvgIpc) is 3.07. The van der Waals surface area contributed by atoms with Gasteiger partial charge in [0, 0.05) is 57.3 Å². The molecule has 3 aliphatic heterocycles. The number of piperidine rings is 1. The number of fused-ring (bicyclic) bond motifs is 4. The van der Waals surface area contributed by atoms with Crippen molar-refractivity contribution >= 4 is 17.2 Å². The molecular formula is C19H24N4O2S. The average molecular weight is 372 g/mol. The summed E-state index contributed by atoms with van der Waals surface area (Å²) in [5.74, 6) is 1.18. The Labute approximate surface area is 157 Å². The molecule has 138 valence electrons. The van der Waals surface area contributed by atoms with Gasteiger partial charge in [-0.15, -0.1) is 11.3 Å². The first-order chi connectivity index (χ1) is 12.7. The highest BCUT2D eigenvalue weighted by molar-refractivity contribution is 7.13. The van der Waals surface area contributed by atoms with Gasteiger partial charge in [0.2, 0.25) is 5.91 Å². The molecule has 2 atom stereocenters. The molecule has 5 rings (SSSR count). The number of aromatic nitrogens is 2. The van der Waals surface area contributed by atoms with E-state index in [4.69, 9.17) is 4.74 Å². The Morgan fingerprint density at radius 2 is 2.12 bits per heavy atom. The van der Waals surface area contributed by atoms with Crippen LogP contribution in [0.2, 0.25) is 0 Å². The molecule has 0 spiro atoms. The van der Waals surface area contributed by atoms with Gasteiger partial charge >= 0.3 is 0 Å². The van der Waals surface area contributed by atoms with Gasteiger partial charge in [0.15, 0.2) is 5.82 Å². The van der Waals surface area contributed by atoms with Crippen molar-refractivity contribution in [2.45, 2.75) is 25.4 Å². The van der Waals surface area contributed by atoms with Gasteiger partial charge in [0.05, 0.1) is 17.4 Å². The quantitative estimate of drug-likeness (QED) is 0.779. The van der Waals surface area contributed by atoms with E-state index in [1.54, 1.807) is 18.4 Å². The molecule has 5 heterocycles. The molecule has 26 heavy (non-hydrogen) atoms. The summed E-state index contributed by atoms with van der Waals surface area (Å²) in [4.78, 5) is 27.2. The summed E-state index contributed by atoms with van der Waals surface area (Å²) < 4.78 is 5.18. The number of carbonyl (C=O) groups excluding carboxylic acids is 1. The summed E-state index contributed by atoms with van der Waals surface area (Å²) >= 11 is 1.65. The van der Waals surface area contributed by atoms with Gasteiger partial charge in [-0.3, -0.25) is 9.69 Å². The zero-order chi connectivity index (χ0) is 17.9. The minimum absolute atomic E-state index is 0.108. The second kappa shape index (κ2) is 7.82. The largest absolute Gasteiger partial charge is 0.383 e. The van der Waals surface area contributed by atoms with Crippen LogP contribution in [0, 0.1) is 5.92 Å². The third-order valence-electron chi connectivity index (χ3n) is 5.26. The van der Waals surface area contributed by atoms with Crippen LogP contribution in [0.5, 0.6) is 0 Å². The van der Waals surface area contributed by atoms with E-state index >= 15 is 0 Å². The third-order valence-corrected chi connectivity index (χ3v) is 6.12. The van der Waals surface area contributed by atoms with Crippen LogP contribution in [-0.4, -0.2) is 65.1 Å². The first kappa shape index (κ1) is 17.6. The fourth-order valence-corrected chi connectivity index (χ4v) is 4.64. The van der Waals surface area contributed by atoms with Gasteiger partial charge in [-0.1, -0.05) is 6.07 Å². The van der Waals surface area contributed by atoms with Crippen LogP contribution in [0.3, 0.4) is 0 Å². The van der Waals surface area contributed by atoms with Crippen LogP contribution >= 0.6 is 11.3 Å². The first-order valence-electron chi connectivity index (χ1n) is 9.11. The molecule has 7 heteroatoms. The molecule has 0 unspecified atom stereocenters. The van der Waals surface area contributed by atoms with Crippen molar-refractivity contribution in [2.75, 3.05) is 33.4 Å². The SMILES string of the molecule is COCCN1C(=O)[C@@H]2CC[C@H]1CN(Cc1cnc(-c3cccs3)nc1)C2. The number of amides is 1. The highest BCUT2D eigenvalue weighted by Gasteiger charge is 2.40. The number of nitrogens with zero attached hydrogens (tertiary/aromatic N) is 4. The zero-order valence-electron chi connectivity index (χ0n) is 15.0. The van der Waals surface area contributed by atoms with Gasteiger partial charge < -0.3 is 9.64 Å². The van der Waals surface area contributed by atoms with Crippen LogP contribution in [0.4, 0.5) is 0 Å². The lowest BCUT2D eigenvalue weighted by atomic mass is 9.94. The van der Waals surface area contributed by atoms with Gasteiger partial charge in [-0.2, -0.15) is 0 Å². The second-order valence-electron chi connectivity index (χ2n) is 7.04. The minimum atomic E-state index is 0.108. The molecule has 2 aromatic heterocycles. The van der Waals surface area contributed by atoms with E-state index in [2.05, 4.69) is 14.9 Å². The van der Waals surface area contributed by atoms with Crippen molar-refractivity contribution in [3.05, 3.63) is 35.5 Å². The molecular weight excluding hydrogens is 348 g/mol. The molecule has 0 radical (unpaired) electrons. The first-order valence-corrected chi connectivity index (χ1v) is 9.99. The summed E-state index contributed by atoms with van der Waals surface area (Å²) in [5.41, 5.74) is 1.10. The van der Waals surface area contributed by atoms with E-state index in [1.807, 2.05) is 34.8 Å². The number of methoxy groups -OCH3 is 1. The van der Waals surface area contributed by atoms with Crippen molar-refractivity contribution < 1.29 is 9.53 Å². The van der Waals surface area contributed by atoms with Crippen molar-refractivity contribution in [1.82, 2.24) is 19.8 Å². The number of thiophene rings is 1. The van der Waals surface area contributed by atoms with Crippen molar-refractivity contribution in [2.24, 2.45) is 5.92 Å². The summed E-state index contributed by atoms with van der Waals surface area (Å²) in [7, 11) is 1.69. The lowest BCUT2D eigenvalue weighted by Crippen LogP contribution is -2.49. The van der Waals surface area contributed by atoms with Crippen LogP contribution in [-0.2, 0) is 16.1 Å². The molecule has 3 fully saturated rings. The normalized spacial score (nSPS) is 23.4. The maximum Gasteiger partial charge on any atom is 0.227 e. The zero-order valence-corrected chi connectivity index (χ0v) is 15.8. The summed E-state index contributed by atoms with van der Waals surface area (Å²) in [6.45, 7) is 3.84. The predicted molar refractivity (Wildman–Crippen MR) is 101 cm³/mol. The molecule has 2 bridgehead atoms. The summed E-state index contributed by atoms with van der Waals surface area (Å²) in [5, 5.41) is 2.03. The summed E-state index contributed by atoms with van der Waals surface area (Å²) in [6, 6.07) is 4.34. The Hall–Kier alpha value is -1.83. The van der Waals surface area contributed by atoms with E-state index in [-0.39, 0.29) is 5.92 Å². The lowest BCUT2D eigenvalue weighted by Gasteiger charge is -2.35. The van der Waals surface area contributed by atoms with Gasteiger partial charge in [0.25, 0.3) is 0 Å². The highest BCUT2D eigenvalue weighted by atomic mass is 32.1. The maximum absolute atomic E-state index is 12.7. The number of hydrogen-bond acceptors (Lipinski definition) is 6. The van der Waals surface area contributed by atoms with Gasteiger partial charge in [-0.05, 0) is 24.3 Å². The molecule has 2 aromatic rings. The summed E-state index contributed by atoms with van der Waals surface area (Å²) in [6.07, 6.45) is 5.92. The lowest BCUT2D eigenvalue weighted by molar-refractivity contribution is -0.140. The molecule has 0 N–H and O–H groups in total. The topological polar surface area (TPSA) is 58.6 Å². The molecule has 3 saturated heterocycles. The van der Waals surface area contributed by atoms with Gasteiger partial charge in [0.1, 0.15) is 0 Å².